The van der Waals surface area contributed by atoms with Gasteiger partial charge >= 0.3 is 7.60 Å². The minimum absolute atomic E-state index is 0.139. The third kappa shape index (κ3) is 10.9. The van der Waals surface area contributed by atoms with Crippen molar-refractivity contribution in [3.63, 3.8) is 0 Å². The molecule has 1 heterocycles. The first-order valence-corrected chi connectivity index (χ1v) is 12.9. The minimum atomic E-state index is -4.38. The average molecular weight is 449 g/mol. The Hall–Kier alpha value is -0.990. The van der Waals surface area contributed by atoms with Gasteiger partial charge in [0.25, 0.3) is 0 Å². The number of nitrogens with one attached hydrogen (secondary N) is 4. The summed E-state index contributed by atoms with van der Waals surface area (Å²) in [6.07, 6.45) is 6.08. The molecule has 0 unspecified atom stereocenters. The van der Waals surface area contributed by atoms with Crippen LogP contribution in [0.15, 0.2) is 0 Å². The van der Waals surface area contributed by atoms with Crippen LogP contribution < -0.4 is 21.3 Å². The lowest BCUT2D eigenvalue weighted by Gasteiger charge is -2.28. The van der Waals surface area contributed by atoms with Gasteiger partial charge in [-0.15, -0.1) is 0 Å². The van der Waals surface area contributed by atoms with E-state index in [0.717, 1.165) is 45.2 Å². The molecule has 0 bridgehead atoms. The molecule has 0 aromatic rings. The summed E-state index contributed by atoms with van der Waals surface area (Å²) in [6.45, 7) is 7.87. The van der Waals surface area contributed by atoms with E-state index in [2.05, 4.69) is 21.3 Å². The quantitative estimate of drug-likeness (QED) is 0.309. The number of hydrogen-bond acceptors (Lipinski definition) is 5. The van der Waals surface area contributed by atoms with E-state index >= 15 is 0 Å². The highest BCUT2D eigenvalue weighted by atomic mass is 31.2. The summed E-state index contributed by atoms with van der Waals surface area (Å²) in [7, 11) is -4.38. The summed E-state index contributed by atoms with van der Waals surface area (Å²) >= 11 is 0. The van der Waals surface area contributed by atoms with E-state index in [-0.39, 0.29) is 18.2 Å². The second-order valence-corrected chi connectivity index (χ2v) is 10.3. The topological polar surface area (TPSA) is 140 Å². The van der Waals surface area contributed by atoms with E-state index < -0.39 is 31.4 Å². The molecule has 1 aliphatic heterocycles. The van der Waals surface area contributed by atoms with Crippen molar-refractivity contribution in [3.05, 3.63) is 0 Å². The summed E-state index contributed by atoms with van der Waals surface area (Å²) in [6, 6.07) is -1.44. The molecule has 176 valence electrons. The van der Waals surface area contributed by atoms with E-state index in [1.807, 2.05) is 13.8 Å². The number of amides is 2. The molecule has 2 amide bonds. The maximum absolute atomic E-state index is 13.0. The summed E-state index contributed by atoms with van der Waals surface area (Å²) in [5.41, 5.74) is 0. The van der Waals surface area contributed by atoms with Gasteiger partial charge in [-0.3, -0.25) is 19.5 Å². The summed E-state index contributed by atoms with van der Waals surface area (Å²) < 4.78 is 11.7. The van der Waals surface area contributed by atoms with Crippen molar-refractivity contribution in [3.8, 4) is 0 Å². The van der Waals surface area contributed by atoms with Gasteiger partial charge in [0.15, 0.2) is 0 Å². The highest BCUT2D eigenvalue weighted by molar-refractivity contribution is 7.52. The number of hydrogen-bond donors (Lipinski definition) is 6. The third-order valence-corrected chi connectivity index (χ3v) is 6.60. The smallest absolute Gasteiger partial charge is 0.342 e. The molecule has 30 heavy (non-hydrogen) atoms. The maximum atomic E-state index is 13.0. The van der Waals surface area contributed by atoms with Crippen molar-refractivity contribution in [2.45, 2.75) is 90.0 Å². The largest absolute Gasteiger partial charge is 0.354 e. The number of carbonyl (C=O) groups is 2. The van der Waals surface area contributed by atoms with E-state index in [1.165, 1.54) is 0 Å². The summed E-state index contributed by atoms with van der Waals surface area (Å²) in [4.78, 5) is 44.7. The van der Waals surface area contributed by atoms with Gasteiger partial charge in [0, 0.05) is 6.54 Å². The van der Waals surface area contributed by atoms with Crippen LogP contribution in [0.4, 0.5) is 0 Å². The van der Waals surface area contributed by atoms with E-state index in [9.17, 15) is 23.9 Å². The molecule has 0 aliphatic carbocycles. The van der Waals surface area contributed by atoms with Crippen LogP contribution in [-0.2, 0) is 14.2 Å². The molecule has 6 N–H and O–H groups in total. The van der Waals surface area contributed by atoms with Crippen LogP contribution in [0.2, 0.25) is 0 Å². The predicted molar refractivity (Wildman–Crippen MR) is 118 cm³/mol. The summed E-state index contributed by atoms with van der Waals surface area (Å²) in [5.74, 6) is -1.55. The maximum Gasteiger partial charge on any atom is 0.342 e. The molecular formula is C20H41N4O5P. The fraction of sp³-hybridized carbons (Fsp3) is 0.900. The van der Waals surface area contributed by atoms with Crippen molar-refractivity contribution >= 4 is 19.4 Å². The lowest BCUT2D eigenvalue weighted by atomic mass is 10.0. The molecule has 1 aliphatic rings. The molecule has 0 radical (unpaired) electrons. The zero-order valence-corrected chi connectivity index (χ0v) is 19.5. The van der Waals surface area contributed by atoms with E-state index in [0.29, 0.717) is 19.4 Å². The first kappa shape index (κ1) is 27.0. The highest BCUT2D eigenvalue weighted by Crippen LogP contribution is 2.41. The van der Waals surface area contributed by atoms with Crippen LogP contribution in [-0.4, -0.2) is 59.1 Å². The van der Waals surface area contributed by atoms with E-state index in [1.54, 1.807) is 6.92 Å². The molecule has 3 atom stereocenters. The van der Waals surface area contributed by atoms with Crippen LogP contribution in [0.1, 0.15) is 72.1 Å². The van der Waals surface area contributed by atoms with Gasteiger partial charge in [0.2, 0.25) is 11.8 Å². The Balaban J connectivity index is 2.84. The monoisotopic (exact) mass is 448 g/mol. The molecule has 0 saturated carbocycles. The fourth-order valence-corrected chi connectivity index (χ4v) is 4.42. The zero-order valence-electron chi connectivity index (χ0n) is 18.7. The Bertz CT molecular complexity index is 569. The molecule has 0 spiro atoms. The average Bonchev–Trinajstić information content (AvgIpc) is 2.67. The van der Waals surface area contributed by atoms with Crippen LogP contribution in [0.5, 0.6) is 0 Å². The molecule has 1 fully saturated rings. The fourth-order valence-electron chi connectivity index (χ4n) is 3.57. The molecule has 0 aromatic heterocycles. The van der Waals surface area contributed by atoms with Gasteiger partial charge in [-0.2, -0.15) is 0 Å². The number of rotatable bonds is 8. The van der Waals surface area contributed by atoms with Gasteiger partial charge in [0.05, 0.1) is 6.04 Å². The normalized spacial score (nSPS) is 22.2. The zero-order chi connectivity index (χ0) is 22.6. The van der Waals surface area contributed by atoms with Gasteiger partial charge in [-0.25, -0.2) is 0 Å². The van der Waals surface area contributed by atoms with Gasteiger partial charge in [0.1, 0.15) is 11.8 Å². The molecule has 1 rings (SSSR count). The molecule has 9 nitrogen and oxygen atoms in total. The Kier molecular flexibility index (Phi) is 12.8. The Morgan fingerprint density at radius 3 is 2.37 bits per heavy atom. The van der Waals surface area contributed by atoms with Crippen molar-refractivity contribution in [1.82, 2.24) is 21.3 Å². The SMILES string of the molecule is CC[C@H](N[C@@H](CC(C)C)C(=O)N[C@H]1CCCNCCCCCCNC1=O)P(=O)(O)O. The first-order chi connectivity index (χ1) is 14.1. The Labute approximate surface area is 180 Å². The van der Waals surface area contributed by atoms with Crippen molar-refractivity contribution in [2.24, 2.45) is 5.92 Å². The second-order valence-electron chi connectivity index (χ2n) is 8.52. The first-order valence-electron chi connectivity index (χ1n) is 11.2. The van der Waals surface area contributed by atoms with Gasteiger partial charge < -0.3 is 25.7 Å². The third-order valence-electron chi connectivity index (χ3n) is 5.27. The second kappa shape index (κ2) is 14.1. The van der Waals surface area contributed by atoms with Gasteiger partial charge in [-0.05, 0) is 57.5 Å². The Morgan fingerprint density at radius 1 is 1.13 bits per heavy atom. The Morgan fingerprint density at radius 2 is 1.77 bits per heavy atom. The lowest BCUT2D eigenvalue weighted by molar-refractivity contribution is -0.130. The van der Waals surface area contributed by atoms with Crippen molar-refractivity contribution in [2.75, 3.05) is 19.6 Å². The molecule has 0 aromatic carbocycles. The van der Waals surface area contributed by atoms with Crippen LogP contribution in [0, 0.1) is 5.92 Å². The summed E-state index contributed by atoms with van der Waals surface area (Å²) in [5, 5.41) is 11.9. The molecule has 1 saturated heterocycles. The molecular weight excluding hydrogens is 407 g/mol. The number of carbonyl (C=O) groups excluding carboxylic acids is 2. The van der Waals surface area contributed by atoms with Crippen LogP contribution in [0.3, 0.4) is 0 Å². The predicted octanol–water partition coefficient (Wildman–Crippen LogP) is 1.45. The molecule has 10 heteroatoms. The van der Waals surface area contributed by atoms with Crippen LogP contribution >= 0.6 is 7.60 Å². The highest BCUT2D eigenvalue weighted by Gasteiger charge is 2.33. The standard InChI is InChI=1S/C20H41N4O5P/c1-4-18(30(27,28)29)23-17(14-15(2)3)20(26)24-16-10-9-12-21-11-7-5-6-8-13-22-19(16)25/h15-18,21,23H,4-14H2,1-3H3,(H,22,25)(H,24,26)(H2,27,28,29)/t16-,17-,18+/m0/s1. The van der Waals surface area contributed by atoms with E-state index in [4.69, 9.17) is 0 Å². The van der Waals surface area contributed by atoms with Crippen LogP contribution in [0.25, 0.3) is 0 Å². The van der Waals surface area contributed by atoms with Crippen molar-refractivity contribution in [1.29, 1.82) is 0 Å². The van der Waals surface area contributed by atoms with Crippen molar-refractivity contribution < 1.29 is 23.9 Å². The van der Waals surface area contributed by atoms with Gasteiger partial charge in [-0.1, -0.05) is 33.6 Å². The minimum Gasteiger partial charge on any atom is -0.354 e. The lowest BCUT2D eigenvalue weighted by Crippen LogP contribution is -2.54.